The van der Waals surface area contributed by atoms with Gasteiger partial charge in [-0.05, 0) is 42.0 Å². The molecule has 9 nitrogen and oxygen atoms in total. The maximum Gasteiger partial charge on any atom is 0.344 e. The number of anilines is 1. The van der Waals surface area contributed by atoms with Gasteiger partial charge in [0.2, 0.25) is 0 Å². The SMILES string of the molecule is COc1cc([C@@H]2c3c(c4ccccc4oc3=O)O[C@@H]2C(=O)Nc2ccccc2)ccc1OCC(N)=O. The zero-order chi connectivity index (χ0) is 25.2. The number of nitrogens with one attached hydrogen (secondary N) is 1. The van der Waals surface area contributed by atoms with Gasteiger partial charge in [0.25, 0.3) is 11.8 Å². The van der Waals surface area contributed by atoms with Gasteiger partial charge < -0.3 is 29.7 Å². The monoisotopic (exact) mass is 486 g/mol. The largest absolute Gasteiger partial charge is 0.493 e. The molecule has 0 radical (unpaired) electrons. The predicted octanol–water partition coefficient (Wildman–Crippen LogP) is 3.20. The second kappa shape index (κ2) is 9.46. The summed E-state index contributed by atoms with van der Waals surface area (Å²) in [7, 11) is 1.44. The summed E-state index contributed by atoms with van der Waals surface area (Å²) >= 11 is 0. The molecule has 36 heavy (non-hydrogen) atoms. The van der Waals surface area contributed by atoms with Gasteiger partial charge in [-0.3, -0.25) is 9.59 Å². The number of fused-ring (bicyclic) bond motifs is 3. The molecule has 0 spiro atoms. The van der Waals surface area contributed by atoms with Gasteiger partial charge in [-0.15, -0.1) is 0 Å². The van der Waals surface area contributed by atoms with Crippen molar-refractivity contribution < 1.29 is 28.2 Å². The lowest BCUT2D eigenvalue weighted by Gasteiger charge is -2.20. The molecular formula is C27H22N2O7. The molecule has 2 atom stereocenters. The van der Waals surface area contributed by atoms with Crippen molar-refractivity contribution in [3.63, 3.8) is 0 Å². The average molecular weight is 486 g/mol. The maximum absolute atomic E-state index is 13.4. The number of rotatable bonds is 7. The molecule has 4 aromatic rings. The summed E-state index contributed by atoms with van der Waals surface area (Å²) in [6.07, 6.45) is -1.07. The van der Waals surface area contributed by atoms with E-state index in [1.54, 1.807) is 66.7 Å². The van der Waals surface area contributed by atoms with Crippen LogP contribution in [0.25, 0.3) is 11.0 Å². The number of hydrogen-bond acceptors (Lipinski definition) is 7. The Labute approximate surface area is 205 Å². The van der Waals surface area contributed by atoms with Crippen LogP contribution in [0, 0.1) is 0 Å². The van der Waals surface area contributed by atoms with Gasteiger partial charge in [0.15, 0.2) is 24.2 Å². The summed E-state index contributed by atoms with van der Waals surface area (Å²) in [5.74, 6) is -0.985. The molecule has 0 unspecified atom stereocenters. The Morgan fingerprint density at radius 3 is 2.50 bits per heavy atom. The van der Waals surface area contributed by atoms with Crippen LogP contribution in [-0.2, 0) is 9.59 Å². The number of carbonyl (C=O) groups is 2. The minimum Gasteiger partial charge on any atom is -0.493 e. The van der Waals surface area contributed by atoms with Crippen LogP contribution in [-0.4, -0.2) is 31.6 Å². The minimum atomic E-state index is -1.07. The number of benzene rings is 3. The first kappa shape index (κ1) is 23.0. The van der Waals surface area contributed by atoms with Crippen LogP contribution in [0.5, 0.6) is 17.2 Å². The molecule has 1 aliphatic heterocycles. The summed E-state index contributed by atoms with van der Waals surface area (Å²) in [6.45, 7) is -0.331. The first-order chi connectivity index (χ1) is 17.5. The van der Waals surface area contributed by atoms with E-state index in [-0.39, 0.29) is 17.9 Å². The highest BCUT2D eigenvalue weighted by Gasteiger charge is 2.44. The molecule has 1 aromatic heterocycles. The highest BCUT2D eigenvalue weighted by Crippen LogP contribution is 2.46. The lowest BCUT2D eigenvalue weighted by Crippen LogP contribution is -2.35. The third-order valence-corrected chi connectivity index (χ3v) is 5.87. The molecule has 3 N–H and O–H groups in total. The van der Waals surface area contributed by atoms with Gasteiger partial charge in [0.05, 0.1) is 24.0 Å². The molecule has 182 valence electrons. The Morgan fingerprint density at radius 2 is 1.75 bits per heavy atom. The number of primary amides is 1. The van der Waals surface area contributed by atoms with Crippen LogP contribution in [0.4, 0.5) is 5.69 Å². The van der Waals surface area contributed by atoms with Crippen molar-refractivity contribution in [2.24, 2.45) is 5.73 Å². The Kier molecular flexibility index (Phi) is 6.03. The Morgan fingerprint density at radius 1 is 1.00 bits per heavy atom. The van der Waals surface area contributed by atoms with Crippen LogP contribution in [0.2, 0.25) is 0 Å². The van der Waals surface area contributed by atoms with Crippen molar-refractivity contribution in [1.82, 2.24) is 0 Å². The smallest absolute Gasteiger partial charge is 0.344 e. The number of nitrogens with two attached hydrogens (primary N) is 1. The van der Waals surface area contributed by atoms with Crippen LogP contribution < -0.4 is 30.9 Å². The number of methoxy groups -OCH3 is 1. The topological polar surface area (TPSA) is 130 Å². The Hall–Kier alpha value is -4.79. The molecule has 9 heteroatoms. The number of para-hydroxylation sites is 2. The lowest BCUT2D eigenvalue weighted by atomic mass is 9.88. The molecule has 0 bridgehead atoms. The first-order valence-corrected chi connectivity index (χ1v) is 11.1. The van der Waals surface area contributed by atoms with E-state index in [9.17, 15) is 14.4 Å². The van der Waals surface area contributed by atoms with Crippen molar-refractivity contribution >= 4 is 28.5 Å². The standard InChI is InChI=1S/C27H22N2O7/c1-33-20-13-15(11-12-19(20)34-14-21(28)30)22-23-24(17-9-5-6-10-18(17)35-27(23)32)36-25(22)26(31)29-16-7-3-2-4-8-16/h2-13,22,25H,14H2,1H3,(H2,28,30)(H,29,31)/t22-,25+/m1/s1. The lowest BCUT2D eigenvalue weighted by molar-refractivity contribution is -0.122. The van der Waals surface area contributed by atoms with E-state index in [2.05, 4.69) is 5.32 Å². The van der Waals surface area contributed by atoms with Crippen LogP contribution in [0.15, 0.2) is 82.0 Å². The Balaban J connectivity index is 1.62. The van der Waals surface area contributed by atoms with E-state index in [1.807, 2.05) is 6.07 Å². The van der Waals surface area contributed by atoms with Gasteiger partial charge >= 0.3 is 5.63 Å². The predicted molar refractivity (Wildman–Crippen MR) is 131 cm³/mol. The van der Waals surface area contributed by atoms with E-state index in [0.29, 0.717) is 33.7 Å². The van der Waals surface area contributed by atoms with E-state index in [4.69, 9.17) is 24.4 Å². The number of amides is 2. The van der Waals surface area contributed by atoms with Crippen LogP contribution >= 0.6 is 0 Å². The third kappa shape index (κ3) is 4.22. The maximum atomic E-state index is 13.4. The molecule has 0 fully saturated rings. The highest BCUT2D eigenvalue weighted by molar-refractivity contribution is 5.97. The molecule has 2 heterocycles. The summed E-state index contributed by atoms with van der Waals surface area (Å²) in [5, 5.41) is 3.44. The van der Waals surface area contributed by atoms with Crippen molar-refractivity contribution in [3.8, 4) is 17.2 Å². The van der Waals surface area contributed by atoms with Crippen molar-refractivity contribution in [2.75, 3.05) is 19.0 Å². The molecule has 0 saturated heterocycles. The quantitative estimate of drug-likeness (QED) is 0.384. The second-order valence-electron chi connectivity index (χ2n) is 8.17. The molecule has 1 aliphatic rings. The van der Waals surface area contributed by atoms with E-state index >= 15 is 0 Å². The highest BCUT2D eigenvalue weighted by atomic mass is 16.5. The summed E-state index contributed by atoms with van der Waals surface area (Å²) in [5.41, 5.74) is 6.32. The van der Waals surface area contributed by atoms with E-state index in [1.165, 1.54) is 7.11 Å². The number of carbonyl (C=O) groups excluding carboxylic acids is 2. The van der Waals surface area contributed by atoms with Gasteiger partial charge in [-0.25, -0.2) is 4.79 Å². The van der Waals surface area contributed by atoms with E-state index in [0.717, 1.165) is 0 Å². The number of hydrogen-bond donors (Lipinski definition) is 2. The summed E-state index contributed by atoms with van der Waals surface area (Å²) in [4.78, 5) is 37.7. The molecule has 0 aliphatic carbocycles. The average Bonchev–Trinajstić information content (AvgIpc) is 3.30. The molecular weight excluding hydrogens is 464 g/mol. The van der Waals surface area contributed by atoms with Gasteiger partial charge in [0.1, 0.15) is 11.3 Å². The molecule has 2 amide bonds. The van der Waals surface area contributed by atoms with Gasteiger partial charge in [-0.2, -0.15) is 0 Å². The van der Waals surface area contributed by atoms with E-state index < -0.39 is 29.5 Å². The zero-order valence-corrected chi connectivity index (χ0v) is 19.2. The third-order valence-electron chi connectivity index (χ3n) is 5.87. The zero-order valence-electron chi connectivity index (χ0n) is 19.2. The first-order valence-electron chi connectivity index (χ1n) is 11.1. The fourth-order valence-corrected chi connectivity index (χ4v) is 4.30. The van der Waals surface area contributed by atoms with Gasteiger partial charge in [0, 0.05) is 5.69 Å². The fourth-order valence-electron chi connectivity index (χ4n) is 4.30. The van der Waals surface area contributed by atoms with Gasteiger partial charge in [-0.1, -0.05) is 36.4 Å². The fraction of sp³-hybridized carbons (Fsp3) is 0.148. The molecule has 3 aromatic carbocycles. The Bertz CT molecular complexity index is 1510. The molecule has 0 saturated carbocycles. The summed E-state index contributed by atoms with van der Waals surface area (Å²) in [6, 6.07) is 20.8. The van der Waals surface area contributed by atoms with Crippen LogP contribution in [0.1, 0.15) is 17.0 Å². The van der Waals surface area contributed by atoms with Crippen molar-refractivity contribution in [2.45, 2.75) is 12.0 Å². The minimum absolute atomic E-state index is 0.231. The summed E-state index contributed by atoms with van der Waals surface area (Å²) < 4.78 is 22.6. The number of ether oxygens (including phenoxy) is 3. The van der Waals surface area contributed by atoms with Crippen LogP contribution in [0.3, 0.4) is 0 Å². The second-order valence-corrected chi connectivity index (χ2v) is 8.17. The van der Waals surface area contributed by atoms with Crippen molar-refractivity contribution in [3.05, 3.63) is 94.3 Å². The molecule has 5 rings (SSSR count). The van der Waals surface area contributed by atoms with Crippen molar-refractivity contribution in [1.29, 1.82) is 0 Å². The normalized spacial score (nSPS) is 16.1.